The van der Waals surface area contributed by atoms with Crippen LogP contribution in [0.1, 0.15) is 32.6 Å². The zero-order valence-electron chi connectivity index (χ0n) is 27.9. The average molecular weight is 665 g/mol. The first-order chi connectivity index (χ1) is 20.2. The van der Waals surface area contributed by atoms with Gasteiger partial charge in [0.25, 0.3) is 0 Å². The molecule has 0 saturated carbocycles. The van der Waals surface area contributed by atoms with Crippen molar-refractivity contribution in [3.05, 3.63) is 0 Å². The summed E-state index contributed by atoms with van der Waals surface area (Å²) in [5.41, 5.74) is -0.510. The van der Waals surface area contributed by atoms with Gasteiger partial charge in [-0.25, -0.2) is 0 Å². The molecular weight excluding hydrogens is 605 g/mol. The van der Waals surface area contributed by atoms with Crippen LogP contribution in [0.2, 0.25) is 18.1 Å². The van der Waals surface area contributed by atoms with Gasteiger partial charge >= 0.3 is 26.4 Å². The molecular formula is C26H60O13Si3. The van der Waals surface area contributed by atoms with Crippen molar-refractivity contribution in [2.45, 2.75) is 50.7 Å². The van der Waals surface area contributed by atoms with Gasteiger partial charge in [0, 0.05) is 109 Å². The normalized spacial score (nSPS) is 13.3. The van der Waals surface area contributed by atoms with Crippen LogP contribution in [0.25, 0.3) is 0 Å². The molecule has 0 aromatic heterocycles. The highest BCUT2D eigenvalue weighted by Gasteiger charge is 2.39. The fourth-order valence-corrected chi connectivity index (χ4v) is 9.46. The van der Waals surface area contributed by atoms with Gasteiger partial charge in [-0.3, -0.25) is 0 Å². The van der Waals surface area contributed by atoms with E-state index < -0.39 is 31.8 Å². The third kappa shape index (κ3) is 15.4. The van der Waals surface area contributed by atoms with Crippen molar-refractivity contribution in [1.29, 1.82) is 0 Å². The predicted octanol–water partition coefficient (Wildman–Crippen LogP) is 3.25. The van der Waals surface area contributed by atoms with E-state index in [-0.39, 0.29) is 0 Å². The lowest BCUT2D eigenvalue weighted by Gasteiger charge is -2.33. The van der Waals surface area contributed by atoms with Crippen LogP contribution < -0.4 is 0 Å². The standard InChI is InChI=1S/C26H60O13Si3/c1-11-15-36-22-26(23-37-16-12-19-40(27-2,28-3)29-4,24-38-17-13-20-41(30-5,31-6)32-7)25-39-18-14-21-42(33-8,34-9)35-10/h11-25H2,1-10H3. The molecule has 0 unspecified atom stereocenters. The molecule has 0 aliphatic carbocycles. The fraction of sp³-hybridized carbons (Fsp3) is 1.00. The van der Waals surface area contributed by atoms with E-state index in [0.717, 1.165) is 25.7 Å². The summed E-state index contributed by atoms with van der Waals surface area (Å²) in [6.07, 6.45) is 3.09. The highest BCUT2D eigenvalue weighted by molar-refractivity contribution is 6.61. The maximum Gasteiger partial charge on any atom is 0.500 e. The monoisotopic (exact) mass is 664 g/mol. The Hall–Kier alpha value is 0.131. The second kappa shape index (κ2) is 24.4. The van der Waals surface area contributed by atoms with Gasteiger partial charge in [0.1, 0.15) is 0 Å². The second-order valence-corrected chi connectivity index (χ2v) is 19.2. The third-order valence-electron chi connectivity index (χ3n) is 7.10. The van der Waals surface area contributed by atoms with Crippen LogP contribution in [-0.4, -0.2) is 143 Å². The lowest BCUT2D eigenvalue weighted by Crippen LogP contribution is -2.44. The van der Waals surface area contributed by atoms with Crippen molar-refractivity contribution < 1.29 is 58.8 Å². The van der Waals surface area contributed by atoms with Crippen molar-refractivity contribution in [1.82, 2.24) is 0 Å². The lowest BCUT2D eigenvalue weighted by molar-refractivity contribution is -0.107. The Morgan fingerprint density at radius 1 is 0.381 bits per heavy atom. The molecule has 0 atom stereocenters. The quantitative estimate of drug-likeness (QED) is 0.0798. The Morgan fingerprint density at radius 2 is 0.619 bits per heavy atom. The van der Waals surface area contributed by atoms with Gasteiger partial charge in [-0.05, 0) is 25.7 Å². The van der Waals surface area contributed by atoms with Gasteiger partial charge in [-0.1, -0.05) is 6.92 Å². The highest BCUT2D eigenvalue weighted by atomic mass is 28.4. The molecule has 0 N–H and O–H groups in total. The van der Waals surface area contributed by atoms with E-state index >= 15 is 0 Å². The van der Waals surface area contributed by atoms with Gasteiger partial charge in [0.05, 0.1) is 31.8 Å². The molecule has 16 heteroatoms. The summed E-state index contributed by atoms with van der Waals surface area (Å²) >= 11 is 0. The zero-order chi connectivity index (χ0) is 31.8. The van der Waals surface area contributed by atoms with Crippen LogP contribution >= 0.6 is 0 Å². The number of hydrogen-bond acceptors (Lipinski definition) is 13. The number of hydrogen-bond donors (Lipinski definition) is 0. The second-order valence-electron chi connectivity index (χ2n) is 9.91. The van der Waals surface area contributed by atoms with Crippen molar-refractivity contribution in [3.63, 3.8) is 0 Å². The molecule has 0 fully saturated rings. The summed E-state index contributed by atoms with van der Waals surface area (Å²) in [4.78, 5) is 0. The number of ether oxygens (including phenoxy) is 4. The van der Waals surface area contributed by atoms with Crippen molar-refractivity contribution >= 4 is 26.4 Å². The molecule has 0 amide bonds. The summed E-state index contributed by atoms with van der Waals surface area (Å²) in [6, 6.07) is 1.95. The summed E-state index contributed by atoms with van der Waals surface area (Å²) in [7, 11) is 6.54. The topological polar surface area (TPSA) is 120 Å². The van der Waals surface area contributed by atoms with Gasteiger partial charge in [0.15, 0.2) is 0 Å². The fourth-order valence-electron chi connectivity index (χ4n) is 4.39. The Bertz CT molecular complexity index is 525. The van der Waals surface area contributed by atoms with Crippen LogP contribution in [-0.2, 0) is 58.8 Å². The van der Waals surface area contributed by atoms with Crippen LogP contribution in [0.4, 0.5) is 0 Å². The van der Waals surface area contributed by atoms with E-state index in [1.807, 2.05) is 0 Å². The molecule has 42 heavy (non-hydrogen) atoms. The minimum absolute atomic E-state index is 0.401. The van der Waals surface area contributed by atoms with Crippen LogP contribution in [0.15, 0.2) is 0 Å². The Kier molecular flexibility index (Phi) is 24.5. The van der Waals surface area contributed by atoms with Gasteiger partial charge in [-0.2, -0.15) is 0 Å². The Morgan fingerprint density at radius 3 is 0.833 bits per heavy atom. The van der Waals surface area contributed by atoms with Gasteiger partial charge in [0.2, 0.25) is 0 Å². The maximum absolute atomic E-state index is 6.19. The highest BCUT2D eigenvalue weighted by Crippen LogP contribution is 2.24. The largest absolute Gasteiger partial charge is 0.500 e. The molecule has 13 nitrogen and oxygen atoms in total. The molecule has 0 aromatic carbocycles. The van der Waals surface area contributed by atoms with Crippen molar-refractivity contribution in [3.8, 4) is 0 Å². The van der Waals surface area contributed by atoms with Crippen LogP contribution in [0.3, 0.4) is 0 Å². The number of rotatable bonds is 31. The van der Waals surface area contributed by atoms with E-state index in [1.54, 1.807) is 64.0 Å². The molecule has 0 heterocycles. The molecule has 0 aromatic rings. The summed E-state index contributed by atoms with van der Waals surface area (Å²) in [5, 5.41) is 0. The minimum atomic E-state index is -2.66. The predicted molar refractivity (Wildman–Crippen MR) is 165 cm³/mol. The summed E-state index contributed by atoms with van der Waals surface area (Å²) in [6.45, 7) is 5.88. The molecule has 254 valence electrons. The Labute approximate surface area is 258 Å². The van der Waals surface area contributed by atoms with Gasteiger partial charge in [-0.15, -0.1) is 0 Å². The molecule has 0 saturated heterocycles. The van der Waals surface area contributed by atoms with Gasteiger partial charge < -0.3 is 58.8 Å². The molecule has 0 spiro atoms. The van der Waals surface area contributed by atoms with E-state index in [2.05, 4.69) is 6.92 Å². The first kappa shape index (κ1) is 42.1. The van der Waals surface area contributed by atoms with Crippen molar-refractivity contribution in [2.24, 2.45) is 5.41 Å². The zero-order valence-corrected chi connectivity index (χ0v) is 30.9. The van der Waals surface area contributed by atoms with Crippen molar-refractivity contribution in [2.75, 3.05) is 117 Å². The maximum atomic E-state index is 6.19. The molecule has 0 radical (unpaired) electrons. The summed E-state index contributed by atoms with van der Waals surface area (Å²) in [5.74, 6) is 0. The van der Waals surface area contributed by atoms with Crippen LogP contribution in [0.5, 0.6) is 0 Å². The molecule has 0 rings (SSSR count). The first-order valence-corrected chi connectivity index (χ1v) is 20.3. The molecule has 0 aliphatic rings. The van der Waals surface area contributed by atoms with E-state index in [4.69, 9.17) is 58.8 Å². The SMILES string of the molecule is CCCOCC(COCCC[Si](OC)(OC)OC)(COCCC[Si](OC)(OC)OC)COCCC[Si](OC)(OC)OC. The van der Waals surface area contributed by atoms with E-state index in [1.165, 1.54) is 0 Å². The van der Waals surface area contributed by atoms with E-state index in [0.29, 0.717) is 71.0 Å². The Balaban J connectivity index is 5.34. The molecule has 0 bridgehead atoms. The minimum Gasteiger partial charge on any atom is -0.381 e. The summed E-state index contributed by atoms with van der Waals surface area (Å²) < 4.78 is 74.4. The molecule has 0 aliphatic heterocycles. The van der Waals surface area contributed by atoms with Crippen LogP contribution in [0, 0.1) is 5.41 Å². The third-order valence-corrected chi connectivity index (χ3v) is 15.6. The van der Waals surface area contributed by atoms with E-state index in [9.17, 15) is 0 Å². The lowest BCUT2D eigenvalue weighted by atomic mass is 9.92. The first-order valence-electron chi connectivity index (χ1n) is 14.5. The average Bonchev–Trinajstić information content (AvgIpc) is 3.03. The smallest absolute Gasteiger partial charge is 0.381 e.